The van der Waals surface area contributed by atoms with Gasteiger partial charge in [0.15, 0.2) is 0 Å². The highest BCUT2D eigenvalue weighted by atomic mass is 35.5. The maximum atomic E-state index is 12.6. The predicted molar refractivity (Wildman–Crippen MR) is 78.5 cm³/mol. The zero-order valence-corrected chi connectivity index (χ0v) is 12.2. The molecule has 1 aliphatic heterocycles. The molecule has 0 spiro atoms. The van der Waals surface area contributed by atoms with Crippen LogP contribution in [0.1, 0.15) is 23.7 Å². The third kappa shape index (κ3) is 3.39. The fraction of sp³-hybridized carbons (Fsp3) is 0.500. The number of benzene rings is 1. The minimum absolute atomic E-state index is 0.0111. The fourth-order valence-corrected chi connectivity index (χ4v) is 2.82. The number of hydrogen-bond acceptors (Lipinski definition) is 3. The normalized spacial score (nSPS) is 21.2. The van der Waals surface area contributed by atoms with Gasteiger partial charge in [-0.05, 0) is 45.1 Å². The first-order valence-electron chi connectivity index (χ1n) is 6.53. The van der Waals surface area contributed by atoms with Gasteiger partial charge in [-0.15, -0.1) is 0 Å². The first-order valence-corrected chi connectivity index (χ1v) is 6.91. The van der Waals surface area contributed by atoms with Gasteiger partial charge in [0.25, 0.3) is 5.91 Å². The van der Waals surface area contributed by atoms with Crippen molar-refractivity contribution in [2.45, 2.75) is 19.4 Å². The van der Waals surface area contributed by atoms with E-state index < -0.39 is 0 Å². The molecule has 104 valence electrons. The second-order valence-electron chi connectivity index (χ2n) is 5.24. The number of halogens is 1. The first-order chi connectivity index (χ1) is 8.97. The lowest BCUT2D eigenvalue weighted by atomic mass is 10.1. The summed E-state index contributed by atoms with van der Waals surface area (Å²) in [7, 11) is 2.09. The first kappa shape index (κ1) is 14.2. The van der Waals surface area contributed by atoms with Crippen LogP contribution in [-0.2, 0) is 0 Å². The molecule has 1 amide bonds. The van der Waals surface area contributed by atoms with E-state index >= 15 is 0 Å². The Hall–Kier alpha value is -1.26. The maximum absolute atomic E-state index is 12.6. The van der Waals surface area contributed by atoms with Crippen LogP contribution in [0.5, 0.6) is 0 Å². The lowest BCUT2D eigenvalue weighted by molar-refractivity contribution is 0.0696. The van der Waals surface area contributed by atoms with Crippen LogP contribution in [0.2, 0.25) is 5.02 Å². The standard InChI is InChI=1S/C14H20ClN3O/c1-10-9-17(2)4-3-5-18(10)14(19)11-6-12(15)8-13(16)7-11/h6-8,10H,3-5,9,16H2,1-2H3. The molecule has 1 fully saturated rings. The molecule has 0 bridgehead atoms. The second-order valence-corrected chi connectivity index (χ2v) is 5.67. The molecule has 1 heterocycles. The van der Waals surface area contributed by atoms with Crippen molar-refractivity contribution in [3.63, 3.8) is 0 Å². The molecule has 19 heavy (non-hydrogen) atoms. The molecule has 2 rings (SSSR count). The van der Waals surface area contributed by atoms with Crippen LogP contribution in [0.25, 0.3) is 0 Å². The third-order valence-corrected chi connectivity index (χ3v) is 3.69. The van der Waals surface area contributed by atoms with Crippen molar-refractivity contribution in [1.29, 1.82) is 0 Å². The summed E-state index contributed by atoms with van der Waals surface area (Å²) >= 11 is 5.97. The summed E-state index contributed by atoms with van der Waals surface area (Å²) in [6.07, 6.45) is 0.989. The summed E-state index contributed by atoms with van der Waals surface area (Å²) in [6, 6.07) is 5.22. The molecule has 1 aliphatic rings. The largest absolute Gasteiger partial charge is 0.399 e. The van der Waals surface area contributed by atoms with Gasteiger partial charge in [-0.1, -0.05) is 11.6 Å². The Morgan fingerprint density at radius 3 is 2.79 bits per heavy atom. The summed E-state index contributed by atoms with van der Waals surface area (Å²) in [5.74, 6) is 0.0111. The maximum Gasteiger partial charge on any atom is 0.254 e. The molecular formula is C14H20ClN3O. The van der Waals surface area contributed by atoms with E-state index in [2.05, 4.69) is 18.9 Å². The molecule has 1 aromatic rings. The molecule has 1 saturated heterocycles. The van der Waals surface area contributed by atoms with Gasteiger partial charge in [-0.3, -0.25) is 4.79 Å². The summed E-state index contributed by atoms with van der Waals surface area (Å²) in [6.45, 7) is 4.76. The van der Waals surface area contributed by atoms with Crippen LogP contribution in [0.15, 0.2) is 18.2 Å². The summed E-state index contributed by atoms with van der Waals surface area (Å²) in [5, 5.41) is 0.503. The van der Waals surface area contributed by atoms with Gasteiger partial charge in [0.1, 0.15) is 0 Å². The number of nitrogen functional groups attached to an aromatic ring is 1. The Morgan fingerprint density at radius 2 is 2.11 bits per heavy atom. The molecule has 0 aromatic heterocycles. The molecule has 0 aliphatic carbocycles. The summed E-state index contributed by atoms with van der Waals surface area (Å²) in [4.78, 5) is 16.7. The number of anilines is 1. The van der Waals surface area contributed by atoms with Gasteiger partial charge in [0, 0.05) is 35.4 Å². The van der Waals surface area contributed by atoms with E-state index in [-0.39, 0.29) is 11.9 Å². The number of likely N-dealkylation sites (N-methyl/N-ethyl adjacent to an activating group) is 1. The van der Waals surface area contributed by atoms with E-state index in [0.717, 1.165) is 26.1 Å². The topological polar surface area (TPSA) is 49.6 Å². The van der Waals surface area contributed by atoms with Crippen molar-refractivity contribution in [3.8, 4) is 0 Å². The van der Waals surface area contributed by atoms with Gasteiger partial charge >= 0.3 is 0 Å². The van der Waals surface area contributed by atoms with Gasteiger partial charge in [0.05, 0.1) is 0 Å². The van der Waals surface area contributed by atoms with E-state index in [1.165, 1.54) is 0 Å². The number of nitrogens with zero attached hydrogens (tertiary/aromatic N) is 2. The third-order valence-electron chi connectivity index (χ3n) is 3.47. The van der Waals surface area contributed by atoms with E-state index in [1.54, 1.807) is 18.2 Å². The van der Waals surface area contributed by atoms with E-state index in [4.69, 9.17) is 17.3 Å². The quantitative estimate of drug-likeness (QED) is 0.802. The van der Waals surface area contributed by atoms with Gasteiger partial charge < -0.3 is 15.5 Å². The highest BCUT2D eigenvalue weighted by molar-refractivity contribution is 6.31. The van der Waals surface area contributed by atoms with E-state index in [0.29, 0.717) is 16.3 Å². The molecule has 4 nitrogen and oxygen atoms in total. The lowest BCUT2D eigenvalue weighted by Gasteiger charge is -2.28. The minimum atomic E-state index is 0.0111. The Labute approximate surface area is 119 Å². The molecule has 1 aromatic carbocycles. The fourth-order valence-electron chi connectivity index (χ4n) is 2.58. The molecule has 5 heteroatoms. The van der Waals surface area contributed by atoms with Crippen molar-refractivity contribution in [1.82, 2.24) is 9.80 Å². The lowest BCUT2D eigenvalue weighted by Crippen LogP contribution is -2.42. The highest BCUT2D eigenvalue weighted by Gasteiger charge is 2.25. The monoisotopic (exact) mass is 281 g/mol. The molecule has 1 unspecified atom stereocenters. The molecule has 0 saturated carbocycles. The number of rotatable bonds is 1. The highest BCUT2D eigenvalue weighted by Crippen LogP contribution is 2.20. The Morgan fingerprint density at radius 1 is 1.37 bits per heavy atom. The Bertz CT molecular complexity index is 458. The zero-order valence-electron chi connectivity index (χ0n) is 11.4. The van der Waals surface area contributed by atoms with Crippen LogP contribution >= 0.6 is 11.6 Å². The number of carbonyl (C=O) groups is 1. The molecule has 0 radical (unpaired) electrons. The van der Waals surface area contributed by atoms with Crippen molar-refractivity contribution < 1.29 is 4.79 Å². The van der Waals surface area contributed by atoms with Crippen LogP contribution in [0.3, 0.4) is 0 Å². The van der Waals surface area contributed by atoms with Crippen LogP contribution in [-0.4, -0.2) is 48.4 Å². The average molecular weight is 282 g/mol. The van der Waals surface area contributed by atoms with Crippen molar-refractivity contribution in [2.75, 3.05) is 32.4 Å². The smallest absolute Gasteiger partial charge is 0.254 e. The molecule has 1 atom stereocenters. The second kappa shape index (κ2) is 5.80. The van der Waals surface area contributed by atoms with Crippen LogP contribution in [0.4, 0.5) is 5.69 Å². The summed E-state index contributed by atoms with van der Waals surface area (Å²) < 4.78 is 0. The van der Waals surface area contributed by atoms with E-state index in [9.17, 15) is 4.79 Å². The van der Waals surface area contributed by atoms with E-state index in [1.807, 2.05) is 4.90 Å². The predicted octanol–water partition coefficient (Wildman–Crippen LogP) is 2.09. The van der Waals surface area contributed by atoms with Crippen molar-refractivity contribution >= 4 is 23.2 Å². The van der Waals surface area contributed by atoms with Crippen LogP contribution < -0.4 is 5.73 Å². The van der Waals surface area contributed by atoms with Gasteiger partial charge in [-0.25, -0.2) is 0 Å². The zero-order chi connectivity index (χ0) is 14.0. The van der Waals surface area contributed by atoms with Gasteiger partial charge in [-0.2, -0.15) is 0 Å². The van der Waals surface area contributed by atoms with Crippen molar-refractivity contribution in [3.05, 3.63) is 28.8 Å². The Balaban J connectivity index is 2.22. The van der Waals surface area contributed by atoms with Gasteiger partial charge in [0.2, 0.25) is 0 Å². The minimum Gasteiger partial charge on any atom is -0.399 e. The summed E-state index contributed by atoms with van der Waals surface area (Å²) in [5.41, 5.74) is 6.85. The molecular weight excluding hydrogens is 262 g/mol. The average Bonchev–Trinajstić information content (AvgIpc) is 2.48. The number of carbonyl (C=O) groups excluding carboxylic acids is 1. The Kier molecular flexibility index (Phi) is 4.32. The number of amides is 1. The molecule has 2 N–H and O–H groups in total. The van der Waals surface area contributed by atoms with Crippen molar-refractivity contribution in [2.24, 2.45) is 0 Å². The SMILES string of the molecule is CC1CN(C)CCCN1C(=O)c1cc(N)cc(Cl)c1. The number of nitrogens with two attached hydrogens (primary N) is 1. The number of hydrogen-bond donors (Lipinski definition) is 1. The van der Waals surface area contributed by atoms with Crippen LogP contribution in [0, 0.1) is 0 Å².